The van der Waals surface area contributed by atoms with E-state index in [4.69, 9.17) is 4.74 Å². The molecule has 1 atom stereocenters. The van der Waals surface area contributed by atoms with E-state index in [1.165, 1.54) is 15.3 Å². The molecule has 3 rings (SSSR count). The lowest BCUT2D eigenvalue weighted by Crippen LogP contribution is -2.40. The molecule has 0 N–H and O–H groups in total. The molecular weight excluding hydrogens is 364 g/mol. The summed E-state index contributed by atoms with van der Waals surface area (Å²) in [5, 5.41) is 1.12. The topological polar surface area (TPSA) is 75.6 Å². The molecule has 0 radical (unpaired) electrons. The van der Waals surface area contributed by atoms with Crippen LogP contribution in [0.1, 0.15) is 30.2 Å². The third-order valence-corrected chi connectivity index (χ3v) is 6.27. The quantitative estimate of drug-likeness (QED) is 0.747. The fourth-order valence-electron chi connectivity index (χ4n) is 3.42. The summed E-state index contributed by atoms with van der Waals surface area (Å²) < 4.78 is 5.37. The SMILES string of the molecule is Cc1sc2ncnc(N3CCC(C(=O)O[C@H](C)C(=O)N(C)C)CC3)c2c1C. The van der Waals surface area contributed by atoms with Crippen LogP contribution in [0.2, 0.25) is 0 Å². The van der Waals surface area contributed by atoms with E-state index >= 15 is 0 Å². The number of anilines is 1. The van der Waals surface area contributed by atoms with Crippen molar-refractivity contribution < 1.29 is 14.3 Å². The van der Waals surface area contributed by atoms with E-state index in [-0.39, 0.29) is 17.8 Å². The van der Waals surface area contributed by atoms with Crippen LogP contribution in [0.25, 0.3) is 10.2 Å². The van der Waals surface area contributed by atoms with Gasteiger partial charge < -0.3 is 14.5 Å². The fraction of sp³-hybridized carbons (Fsp3) is 0.579. The Morgan fingerprint density at radius 2 is 1.93 bits per heavy atom. The zero-order valence-electron chi connectivity index (χ0n) is 16.5. The third kappa shape index (κ3) is 3.90. The summed E-state index contributed by atoms with van der Waals surface area (Å²) in [4.78, 5) is 39.1. The Hall–Kier alpha value is -2.22. The lowest BCUT2D eigenvalue weighted by atomic mass is 9.96. The summed E-state index contributed by atoms with van der Waals surface area (Å²) in [6.07, 6.45) is 2.25. The highest BCUT2D eigenvalue weighted by atomic mass is 32.1. The van der Waals surface area contributed by atoms with E-state index in [0.29, 0.717) is 12.8 Å². The molecule has 1 fully saturated rings. The smallest absolute Gasteiger partial charge is 0.309 e. The minimum atomic E-state index is -0.747. The van der Waals surface area contributed by atoms with E-state index in [1.54, 1.807) is 38.7 Å². The fourth-order valence-corrected chi connectivity index (χ4v) is 4.41. The van der Waals surface area contributed by atoms with Crippen molar-refractivity contribution in [3.8, 4) is 0 Å². The van der Waals surface area contributed by atoms with E-state index < -0.39 is 6.10 Å². The number of ether oxygens (including phenoxy) is 1. The van der Waals surface area contributed by atoms with E-state index in [9.17, 15) is 9.59 Å². The standard InChI is InChI=1S/C19H26N4O3S/c1-11-13(3)27-17-15(11)16(20-10-21-17)23-8-6-14(7-9-23)19(25)26-12(2)18(24)22(4)5/h10,12,14H,6-9H2,1-5H3/t12-/m1/s1. The maximum absolute atomic E-state index is 12.4. The summed E-state index contributed by atoms with van der Waals surface area (Å²) >= 11 is 1.69. The van der Waals surface area contributed by atoms with Crippen LogP contribution < -0.4 is 4.90 Å². The number of hydrogen-bond donors (Lipinski definition) is 0. The molecule has 27 heavy (non-hydrogen) atoms. The summed E-state index contributed by atoms with van der Waals surface area (Å²) in [7, 11) is 3.31. The van der Waals surface area contributed by atoms with Gasteiger partial charge in [-0.05, 0) is 39.2 Å². The van der Waals surface area contributed by atoms with E-state index in [0.717, 1.165) is 29.1 Å². The molecule has 1 aliphatic heterocycles. The van der Waals surface area contributed by atoms with Gasteiger partial charge in [0.1, 0.15) is 17.0 Å². The summed E-state index contributed by atoms with van der Waals surface area (Å²) in [5.74, 6) is 0.284. The lowest BCUT2D eigenvalue weighted by Gasteiger charge is -2.32. The maximum atomic E-state index is 12.4. The Morgan fingerprint density at radius 3 is 2.56 bits per heavy atom. The highest BCUT2D eigenvalue weighted by Gasteiger charge is 2.30. The summed E-state index contributed by atoms with van der Waals surface area (Å²) in [6, 6.07) is 0. The average molecular weight is 391 g/mol. The number of likely N-dealkylation sites (N-methyl/N-ethyl adjacent to an activating group) is 1. The lowest BCUT2D eigenvalue weighted by molar-refractivity contribution is -0.162. The van der Waals surface area contributed by atoms with Crippen molar-refractivity contribution in [3.05, 3.63) is 16.8 Å². The van der Waals surface area contributed by atoms with E-state index in [1.807, 2.05) is 0 Å². The maximum Gasteiger partial charge on any atom is 0.309 e. The molecule has 0 bridgehead atoms. The average Bonchev–Trinajstić information content (AvgIpc) is 2.95. The number of aryl methyl sites for hydroxylation is 2. The molecule has 0 saturated carbocycles. The normalized spacial score (nSPS) is 16.4. The van der Waals surface area contributed by atoms with E-state index in [2.05, 4.69) is 28.7 Å². The number of aromatic nitrogens is 2. The highest BCUT2D eigenvalue weighted by molar-refractivity contribution is 7.18. The van der Waals surface area contributed by atoms with Crippen LogP contribution in [0.4, 0.5) is 5.82 Å². The van der Waals surface area contributed by atoms with Gasteiger partial charge in [-0.1, -0.05) is 0 Å². The van der Waals surface area contributed by atoms with Crippen molar-refractivity contribution >= 4 is 39.2 Å². The molecule has 0 unspecified atom stereocenters. The number of carbonyl (C=O) groups excluding carboxylic acids is 2. The molecule has 1 amide bonds. The summed E-state index contributed by atoms with van der Waals surface area (Å²) in [5.41, 5.74) is 1.23. The first-order chi connectivity index (χ1) is 12.8. The first kappa shape index (κ1) is 19.5. The first-order valence-electron chi connectivity index (χ1n) is 9.17. The highest BCUT2D eigenvalue weighted by Crippen LogP contribution is 2.35. The van der Waals surface area contributed by atoms with Crippen LogP contribution in [0.5, 0.6) is 0 Å². The Labute approximate surface area is 163 Å². The van der Waals surface area contributed by atoms with Crippen molar-refractivity contribution in [1.82, 2.24) is 14.9 Å². The van der Waals surface area contributed by atoms with Gasteiger partial charge in [-0.25, -0.2) is 9.97 Å². The van der Waals surface area contributed by atoms with Gasteiger partial charge in [0.25, 0.3) is 5.91 Å². The monoisotopic (exact) mass is 390 g/mol. The van der Waals surface area contributed by atoms with Gasteiger partial charge in [-0.15, -0.1) is 11.3 Å². The Balaban J connectivity index is 1.66. The summed E-state index contributed by atoms with van der Waals surface area (Å²) in [6.45, 7) is 7.29. The number of thiophene rings is 1. The molecular formula is C19H26N4O3S. The molecule has 8 heteroatoms. The largest absolute Gasteiger partial charge is 0.452 e. The van der Waals surface area contributed by atoms with Gasteiger partial charge in [0.15, 0.2) is 6.10 Å². The Bertz CT molecular complexity index is 856. The Morgan fingerprint density at radius 1 is 1.26 bits per heavy atom. The minimum absolute atomic E-state index is 0.179. The number of esters is 1. The molecule has 146 valence electrons. The number of fused-ring (bicyclic) bond motifs is 1. The zero-order chi connectivity index (χ0) is 19.7. The van der Waals surface area contributed by atoms with Crippen LogP contribution in [0.3, 0.4) is 0 Å². The van der Waals surface area contributed by atoms with Gasteiger partial charge in [0.2, 0.25) is 0 Å². The number of hydrogen-bond acceptors (Lipinski definition) is 7. The molecule has 0 spiro atoms. The molecule has 7 nitrogen and oxygen atoms in total. The van der Waals surface area contributed by atoms with Crippen molar-refractivity contribution in [2.45, 2.75) is 39.7 Å². The molecule has 0 aliphatic carbocycles. The van der Waals surface area contributed by atoms with Crippen molar-refractivity contribution in [2.75, 3.05) is 32.1 Å². The first-order valence-corrected chi connectivity index (χ1v) is 9.98. The Kier molecular flexibility index (Phi) is 5.64. The van der Waals surface area contributed by atoms with Gasteiger partial charge in [-0.3, -0.25) is 9.59 Å². The second-order valence-electron chi connectivity index (χ2n) is 7.23. The van der Waals surface area contributed by atoms with Crippen LogP contribution in [0.15, 0.2) is 6.33 Å². The minimum Gasteiger partial charge on any atom is -0.452 e. The predicted octanol–water partition coefficient (Wildman–Crippen LogP) is 2.54. The van der Waals surface area contributed by atoms with Crippen LogP contribution in [-0.2, 0) is 14.3 Å². The van der Waals surface area contributed by atoms with Crippen LogP contribution >= 0.6 is 11.3 Å². The molecule has 1 saturated heterocycles. The van der Waals surface area contributed by atoms with Crippen molar-refractivity contribution in [3.63, 3.8) is 0 Å². The third-order valence-electron chi connectivity index (χ3n) is 5.15. The van der Waals surface area contributed by atoms with Crippen LogP contribution in [0, 0.1) is 19.8 Å². The molecule has 0 aromatic carbocycles. The molecule has 3 heterocycles. The van der Waals surface area contributed by atoms with Gasteiger partial charge in [0, 0.05) is 32.1 Å². The molecule has 2 aromatic heterocycles. The number of piperidine rings is 1. The number of nitrogens with zero attached hydrogens (tertiary/aromatic N) is 4. The molecule has 2 aromatic rings. The van der Waals surface area contributed by atoms with Crippen molar-refractivity contribution in [2.24, 2.45) is 5.92 Å². The number of amides is 1. The van der Waals surface area contributed by atoms with Gasteiger partial charge in [-0.2, -0.15) is 0 Å². The number of rotatable bonds is 4. The van der Waals surface area contributed by atoms with Gasteiger partial charge >= 0.3 is 5.97 Å². The zero-order valence-corrected chi connectivity index (χ0v) is 17.3. The second kappa shape index (κ2) is 7.80. The van der Waals surface area contributed by atoms with Gasteiger partial charge in [0.05, 0.1) is 11.3 Å². The number of carbonyl (C=O) groups is 2. The second-order valence-corrected chi connectivity index (χ2v) is 8.44. The molecule has 1 aliphatic rings. The predicted molar refractivity (Wildman–Crippen MR) is 106 cm³/mol. The van der Waals surface area contributed by atoms with Crippen LogP contribution in [-0.4, -0.2) is 60.0 Å². The van der Waals surface area contributed by atoms with Crippen molar-refractivity contribution in [1.29, 1.82) is 0 Å².